The lowest BCUT2D eigenvalue weighted by atomic mass is 10.0. The number of aromatic nitrogens is 3. The molecule has 0 N–H and O–H groups in total. The van der Waals surface area contributed by atoms with E-state index in [4.69, 9.17) is 31.0 Å². The van der Waals surface area contributed by atoms with Crippen LogP contribution in [0.2, 0.25) is 5.02 Å². The first-order chi connectivity index (χ1) is 20.7. The molecule has 0 fully saturated rings. The summed E-state index contributed by atoms with van der Waals surface area (Å²) in [5, 5.41) is 5.10. The van der Waals surface area contributed by atoms with Gasteiger partial charge in [0.25, 0.3) is 0 Å². The van der Waals surface area contributed by atoms with Gasteiger partial charge in [0.1, 0.15) is 11.2 Å². The Kier molecular flexibility index (Phi) is 4.92. The van der Waals surface area contributed by atoms with E-state index in [9.17, 15) is 0 Å². The van der Waals surface area contributed by atoms with Gasteiger partial charge in [-0.05, 0) is 57.3 Å². The fourth-order valence-electron chi connectivity index (χ4n) is 6.26. The number of halogens is 1. The normalized spacial score (nSPS) is 11.9. The van der Waals surface area contributed by atoms with Gasteiger partial charge in [0.05, 0.1) is 0 Å². The van der Waals surface area contributed by atoms with Gasteiger partial charge in [0, 0.05) is 38.6 Å². The van der Waals surface area contributed by atoms with Crippen LogP contribution < -0.4 is 0 Å². The lowest BCUT2D eigenvalue weighted by Gasteiger charge is -2.10. The van der Waals surface area contributed by atoms with Crippen molar-refractivity contribution in [2.24, 2.45) is 0 Å². The molecule has 0 atom stereocenters. The molecule has 2 heterocycles. The zero-order valence-corrected chi connectivity index (χ0v) is 22.9. The minimum atomic E-state index is 0.591. The fourth-order valence-corrected chi connectivity index (χ4v) is 6.42. The molecule has 0 amide bonds. The Morgan fingerprint density at radius 1 is 0.452 bits per heavy atom. The molecule has 0 unspecified atom stereocenters. The van der Waals surface area contributed by atoms with Gasteiger partial charge in [0.15, 0.2) is 17.5 Å². The number of furan rings is 1. The van der Waals surface area contributed by atoms with Crippen LogP contribution in [0.4, 0.5) is 0 Å². The Morgan fingerprint density at radius 2 is 1.17 bits per heavy atom. The second-order valence-corrected chi connectivity index (χ2v) is 11.0. The predicted molar refractivity (Wildman–Crippen MR) is 170 cm³/mol. The number of hydrogen-bond acceptors (Lipinski definition) is 4. The third kappa shape index (κ3) is 3.46. The van der Waals surface area contributed by atoms with Gasteiger partial charge in [-0.3, -0.25) is 0 Å². The maximum absolute atomic E-state index is 6.28. The molecule has 2 aromatic heterocycles. The molecule has 196 valence electrons. The van der Waals surface area contributed by atoms with Crippen LogP contribution in [0.3, 0.4) is 0 Å². The van der Waals surface area contributed by atoms with Crippen LogP contribution in [0.15, 0.2) is 126 Å². The first-order valence-corrected chi connectivity index (χ1v) is 14.2. The highest BCUT2D eigenvalue weighted by Crippen LogP contribution is 2.48. The van der Waals surface area contributed by atoms with Crippen molar-refractivity contribution in [2.75, 3.05) is 0 Å². The minimum Gasteiger partial charge on any atom is -0.456 e. The largest absolute Gasteiger partial charge is 0.456 e. The first-order valence-electron chi connectivity index (χ1n) is 13.8. The van der Waals surface area contributed by atoms with Crippen LogP contribution in [-0.2, 0) is 0 Å². The summed E-state index contributed by atoms with van der Waals surface area (Å²) >= 11 is 6.28. The SMILES string of the molecule is Clc1ccc2c(c1)oc1cccc(-c3nc(-c4ccccc4)nc(-c4ccc5c(c4)-c4cccc6cccc-5c46)n3)c12. The second kappa shape index (κ2) is 8.84. The average Bonchev–Trinajstić information content (AvgIpc) is 3.57. The quantitative estimate of drug-likeness (QED) is 0.217. The van der Waals surface area contributed by atoms with E-state index in [-0.39, 0.29) is 0 Å². The van der Waals surface area contributed by atoms with Crippen molar-refractivity contribution < 1.29 is 4.42 Å². The zero-order valence-electron chi connectivity index (χ0n) is 22.2. The van der Waals surface area contributed by atoms with Crippen molar-refractivity contribution in [3.05, 3.63) is 126 Å². The molecule has 0 radical (unpaired) electrons. The number of fused-ring (bicyclic) bond motifs is 6. The third-order valence-corrected chi connectivity index (χ3v) is 8.37. The molecule has 0 saturated heterocycles. The van der Waals surface area contributed by atoms with Crippen LogP contribution in [0.25, 0.3) is 89.1 Å². The summed E-state index contributed by atoms with van der Waals surface area (Å²) in [4.78, 5) is 15.1. The summed E-state index contributed by atoms with van der Waals surface area (Å²) in [7, 11) is 0. The number of nitrogens with zero attached hydrogens (tertiary/aromatic N) is 3. The summed E-state index contributed by atoms with van der Waals surface area (Å²) < 4.78 is 6.18. The van der Waals surface area contributed by atoms with E-state index in [1.165, 1.54) is 33.0 Å². The van der Waals surface area contributed by atoms with E-state index in [0.29, 0.717) is 22.5 Å². The summed E-state index contributed by atoms with van der Waals surface area (Å²) in [6, 6.07) is 41.3. The van der Waals surface area contributed by atoms with E-state index >= 15 is 0 Å². The molecule has 42 heavy (non-hydrogen) atoms. The fraction of sp³-hybridized carbons (Fsp3) is 0. The molecular formula is C37H20ClN3O. The lowest BCUT2D eigenvalue weighted by Crippen LogP contribution is -2.00. The van der Waals surface area contributed by atoms with Gasteiger partial charge in [0.2, 0.25) is 0 Å². The molecule has 0 saturated carbocycles. The average molecular weight is 558 g/mol. The van der Waals surface area contributed by atoms with Crippen LogP contribution in [0, 0.1) is 0 Å². The molecular weight excluding hydrogens is 538 g/mol. The van der Waals surface area contributed by atoms with Crippen molar-refractivity contribution in [1.29, 1.82) is 0 Å². The van der Waals surface area contributed by atoms with Crippen LogP contribution in [0.5, 0.6) is 0 Å². The van der Waals surface area contributed by atoms with Gasteiger partial charge >= 0.3 is 0 Å². The molecule has 1 aliphatic rings. The molecule has 9 rings (SSSR count). The molecule has 0 spiro atoms. The Bertz CT molecular complexity index is 2370. The van der Waals surface area contributed by atoms with E-state index in [2.05, 4.69) is 54.6 Å². The summed E-state index contributed by atoms with van der Waals surface area (Å²) in [5.41, 5.74) is 9.18. The lowest BCUT2D eigenvalue weighted by molar-refractivity contribution is 0.669. The Hall–Kier alpha value is -5.32. The molecule has 0 bridgehead atoms. The van der Waals surface area contributed by atoms with Gasteiger partial charge in [-0.2, -0.15) is 0 Å². The van der Waals surface area contributed by atoms with E-state index < -0.39 is 0 Å². The molecule has 0 aliphatic heterocycles. The summed E-state index contributed by atoms with van der Waals surface area (Å²) in [6.07, 6.45) is 0. The topological polar surface area (TPSA) is 51.8 Å². The van der Waals surface area contributed by atoms with Crippen molar-refractivity contribution in [3.63, 3.8) is 0 Å². The standard InChI is InChI=1S/C37H20ClN3O/c38-24-16-18-28-32(20-24)42-31-14-6-13-29(34(28)31)37-40-35(22-7-2-1-3-8-22)39-36(41-37)23-15-17-25-26-11-4-9-21-10-5-12-27(33(21)26)30(25)19-23/h1-20H. The third-order valence-electron chi connectivity index (χ3n) is 8.13. The van der Waals surface area contributed by atoms with Gasteiger partial charge in [-0.25, -0.2) is 15.0 Å². The van der Waals surface area contributed by atoms with Crippen molar-refractivity contribution >= 4 is 44.3 Å². The Labute approximate surface area is 245 Å². The van der Waals surface area contributed by atoms with Gasteiger partial charge < -0.3 is 4.42 Å². The molecule has 1 aliphatic carbocycles. The van der Waals surface area contributed by atoms with Gasteiger partial charge in [-0.1, -0.05) is 103 Å². The maximum atomic E-state index is 6.28. The Morgan fingerprint density at radius 3 is 2.00 bits per heavy atom. The minimum absolute atomic E-state index is 0.591. The van der Waals surface area contributed by atoms with E-state index in [1.807, 2.05) is 66.7 Å². The number of hydrogen-bond donors (Lipinski definition) is 0. The van der Waals surface area contributed by atoms with Crippen molar-refractivity contribution in [1.82, 2.24) is 15.0 Å². The molecule has 5 heteroatoms. The highest BCUT2D eigenvalue weighted by molar-refractivity contribution is 6.31. The maximum Gasteiger partial charge on any atom is 0.164 e. The van der Waals surface area contributed by atoms with E-state index in [0.717, 1.165) is 38.6 Å². The van der Waals surface area contributed by atoms with Crippen molar-refractivity contribution in [3.8, 4) is 56.4 Å². The van der Waals surface area contributed by atoms with E-state index in [1.54, 1.807) is 0 Å². The van der Waals surface area contributed by atoms with Crippen LogP contribution in [0.1, 0.15) is 0 Å². The van der Waals surface area contributed by atoms with Crippen LogP contribution >= 0.6 is 11.6 Å². The summed E-state index contributed by atoms with van der Waals surface area (Å²) in [6.45, 7) is 0. The number of rotatable bonds is 3. The predicted octanol–water partition coefficient (Wildman–Crippen LogP) is 10.2. The summed E-state index contributed by atoms with van der Waals surface area (Å²) in [5.74, 6) is 1.83. The number of benzene rings is 6. The zero-order chi connectivity index (χ0) is 27.8. The van der Waals surface area contributed by atoms with Gasteiger partial charge in [-0.15, -0.1) is 0 Å². The van der Waals surface area contributed by atoms with Crippen LogP contribution in [-0.4, -0.2) is 15.0 Å². The molecule has 4 nitrogen and oxygen atoms in total. The molecule has 6 aromatic carbocycles. The Balaban J connectivity index is 1.29. The highest BCUT2D eigenvalue weighted by atomic mass is 35.5. The second-order valence-electron chi connectivity index (χ2n) is 10.6. The molecule has 8 aromatic rings. The highest BCUT2D eigenvalue weighted by Gasteiger charge is 2.23. The van der Waals surface area contributed by atoms with Crippen molar-refractivity contribution in [2.45, 2.75) is 0 Å². The monoisotopic (exact) mass is 557 g/mol. The smallest absolute Gasteiger partial charge is 0.164 e. The first kappa shape index (κ1) is 23.4.